The molecule has 0 radical (unpaired) electrons. The summed E-state index contributed by atoms with van der Waals surface area (Å²) in [4.78, 5) is 24.9. The van der Waals surface area contributed by atoms with E-state index in [1.807, 2.05) is 0 Å². The van der Waals surface area contributed by atoms with E-state index in [1.165, 1.54) is 12.1 Å². The molecule has 0 spiro atoms. The van der Waals surface area contributed by atoms with Crippen molar-refractivity contribution in [3.05, 3.63) is 48.2 Å². The van der Waals surface area contributed by atoms with Gasteiger partial charge in [-0.2, -0.15) is 0 Å². The molecule has 1 fully saturated rings. The Morgan fingerprint density at radius 3 is 2.68 bits per heavy atom. The highest BCUT2D eigenvalue weighted by Gasteiger charge is 2.26. The van der Waals surface area contributed by atoms with E-state index >= 15 is 0 Å². The maximum atomic E-state index is 13.2. The lowest BCUT2D eigenvalue weighted by molar-refractivity contribution is -0.130. The molecule has 0 bridgehead atoms. The van der Waals surface area contributed by atoms with Crippen molar-refractivity contribution in [1.29, 1.82) is 0 Å². The van der Waals surface area contributed by atoms with E-state index in [1.54, 1.807) is 43.5 Å². The Balaban J connectivity index is 1.82. The van der Waals surface area contributed by atoms with Crippen LogP contribution in [0.25, 0.3) is 11.3 Å². The van der Waals surface area contributed by atoms with E-state index in [0.717, 1.165) is 42.9 Å². The van der Waals surface area contributed by atoms with Crippen LogP contribution < -0.4 is 0 Å². The Morgan fingerprint density at radius 1 is 1.24 bits per heavy atom. The SMILES string of the molecule is CN(C)C(=O)CN1CCC[C@H](c2nccnc2-c2ccc(F)cc2)C1. The first-order valence-electron chi connectivity index (χ1n) is 8.54. The third-order valence-electron chi connectivity index (χ3n) is 4.59. The van der Waals surface area contributed by atoms with E-state index in [9.17, 15) is 9.18 Å². The summed E-state index contributed by atoms with van der Waals surface area (Å²) in [5.41, 5.74) is 2.59. The summed E-state index contributed by atoms with van der Waals surface area (Å²) >= 11 is 0. The summed E-state index contributed by atoms with van der Waals surface area (Å²) in [6, 6.07) is 6.35. The van der Waals surface area contributed by atoms with E-state index in [0.29, 0.717) is 6.54 Å². The van der Waals surface area contributed by atoms with E-state index < -0.39 is 0 Å². The van der Waals surface area contributed by atoms with Gasteiger partial charge >= 0.3 is 0 Å². The minimum atomic E-state index is -0.264. The molecule has 1 aromatic heterocycles. The Kier molecular flexibility index (Phi) is 5.38. The third kappa shape index (κ3) is 4.20. The molecular formula is C19H23FN4O. The highest BCUT2D eigenvalue weighted by Crippen LogP contribution is 2.31. The van der Waals surface area contributed by atoms with Gasteiger partial charge in [-0.1, -0.05) is 0 Å². The van der Waals surface area contributed by atoms with E-state index in [2.05, 4.69) is 14.9 Å². The summed E-state index contributed by atoms with van der Waals surface area (Å²) < 4.78 is 13.2. The van der Waals surface area contributed by atoms with Crippen LogP contribution in [0.1, 0.15) is 24.5 Å². The van der Waals surface area contributed by atoms with E-state index in [4.69, 9.17) is 0 Å². The van der Waals surface area contributed by atoms with Gasteiger partial charge in [-0.25, -0.2) is 4.39 Å². The monoisotopic (exact) mass is 342 g/mol. The van der Waals surface area contributed by atoms with Crippen LogP contribution in [0.2, 0.25) is 0 Å². The van der Waals surface area contributed by atoms with Crippen molar-refractivity contribution in [2.24, 2.45) is 0 Å². The van der Waals surface area contributed by atoms with Crippen LogP contribution >= 0.6 is 0 Å². The quantitative estimate of drug-likeness (QED) is 0.857. The molecule has 25 heavy (non-hydrogen) atoms. The molecule has 1 aliphatic rings. The molecular weight excluding hydrogens is 319 g/mol. The molecule has 1 atom stereocenters. The van der Waals surface area contributed by atoms with Gasteiger partial charge in [-0.3, -0.25) is 19.7 Å². The maximum absolute atomic E-state index is 13.2. The molecule has 6 heteroatoms. The number of halogens is 1. The summed E-state index contributed by atoms with van der Waals surface area (Å²) in [6.07, 6.45) is 5.40. The lowest BCUT2D eigenvalue weighted by Crippen LogP contribution is -2.41. The van der Waals surface area contributed by atoms with Gasteiger partial charge in [-0.15, -0.1) is 0 Å². The second kappa shape index (κ2) is 7.70. The molecule has 5 nitrogen and oxygen atoms in total. The van der Waals surface area contributed by atoms with Gasteiger partial charge in [0.15, 0.2) is 0 Å². The first-order chi connectivity index (χ1) is 12.0. The van der Waals surface area contributed by atoms with Crippen molar-refractivity contribution in [3.8, 4) is 11.3 Å². The van der Waals surface area contributed by atoms with Gasteiger partial charge in [0.1, 0.15) is 5.82 Å². The Hall–Kier alpha value is -2.34. The summed E-state index contributed by atoms with van der Waals surface area (Å²) in [6.45, 7) is 2.13. The van der Waals surface area contributed by atoms with Crippen LogP contribution in [0.4, 0.5) is 4.39 Å². The largest absolute Gasteiger partial charge is 0.348 e. The van der Waals surface area contributed by atoms with E-state index in [-0.39, 0.29) is 17.6 Å². The number of amides is 1. The van der Waals surface area contributed by atoms with Gasteiger partial charge < -0.3 is 4.90 Å². The fourth-order valence-corrected chi connectivity index (χ4v) is 3.23. The van der Waals surface area contributed by atoms with Crippen molar-refractivity contribution in [3.63, 3.8) is 0 Å². The lowest BCUT2D eigenvalue weighted by Gasteiger charge is -2.33. The normalized spacial score (nSPS) is 18.1. The van der Waals surface area contributed by atoms with Crippen molar-refractivity contribution < 1.29 is 9.18 Å². The Bertz CT molecular complexity index is 732. The maximum Gasteiger partial charge on any atom is 0.236 e. The molecule has 1 aromatic carbocycles. The average Bonchev–Trinajstić information content (AvgIpc) is 2.62. The lowest BCUT2D eigenvalue weighted by atomic mass is 9.91. The number of likely N-dealkylation sites (tertiary alicyclic amines) is 1. The summed E-state index contributed by atoms with van der Waals surface area (Å²) in [5, 5.41) is 0. The summed E-state index contributed by atoms with van der Waals surface area (Å²) in [5.74, 6) is 0.0660. The molecule has 0 aliphatic carbocycles. The van der Waals surface area contributed by atoms with Gasteiger partial charge in [0, 0.05) is 44.5 Å². The van der Waals surface area contributed by atoms with Gasteiger partial charge in [0.25, 0.3) is 0 Å². The second-order valence-corrected chi connectivity index (χ2v) is 6.66. The number of likely N-dealkylation sites (N-methyl/N-ethyl adjacent to an activating group) is 1. The summed E-state index contributed by atoms with van der Waals surface area (Å²) in [7, 11) is 3.55. The molecule has 2 heterocycles. The Morgan fingerprint density at radius 2 is 1.96 bits per heavy atom. The molecule has 132 valence electrons. The number of hydrogen-bond acceptors (Lipinski definition) is 4. The third-order valence-corrected chi connectivity index (χ3v) is 4.59. The van der Waals surface area contributed by atoms with Crippen LogP contribution in [-0.4, -0.2) is 59.4 Å². The van der Waals surface area contributed by atoms with Crippen LogP contribution in [-0.2, 0) is 4.79 Å². The zero-order valence-corrected chi connectivity index (χ0v) is 14.7. The molecule has 3 rings (SSSR count). The molecule has 0 unspecified atom stereocenters. The number of piperidine rings is 1. The number of aromatic nitrogens is 2. The van der Waals surface area contributed by atoms with Crippen LogP contribution in [0.15, 0.2) is 36.7 Å². The number of carbonyl (C=O) groups is 1. The van der Waals surface area contributed by atoms with Crippen LogP contribution in [0.5, 0.6) is 0 Å². The number of rotatable bonds is 4. The van der Waals surface area contributed by atoms with Crippen molar-refractivity contribution in [1.82, 2.24) is 19.8 Å². The minimum Gasteiger partial charge on any atom is -0.348 e. The number of nitrogens with zero attached hydrogens (tertiary/aromatic N) is 4. The van der Waals surface area contributed by atoms with Crippen molar-refractivity contribution >= 4 is 5.91 Å². The number of carbonyl (C=O) groups excluding carboxylic acids is 1. The first kappa shape index (κ1) is 17.5. The second-order valence-electron chi connectivity index (χ2n) is 6.66. The van der Waals surface area contributed by atoms with Crippen molar-refractivity contribution in [2.75, 3.05) is 33.7 Å². The van der Waals surface area contributed by atoms with Gasteiger partial charge in [0.2, 0.25) is 5.91 Å². The average molecular weight is 342 g/mol. The smallest absolute Gasteiger partial charge is 0.236 e. The molecule has 2 aromatic rings. The zero-order valence-electron chi connectivity index (χ0n) is 14.7. The minimum absolute atomic E-state index is 0.110. The first-order valence-corrected chi connectivity index (χ1v) is 8.54. The van der Waals surface area contributed by atoms with Crippen LogP contribution in [0, 0.1) is 5.82 Å². The van der Waals surface area contributed by atoms with Crippen molar-refractivity contribution in [2.45, 2.75) is 18.8 Å². The molecule has 0 saturated carbocycles. The number of benzene rings is 1. The highest BCUT2D eigenvalue weighted by molar-refractivity contribution is 5.77. The Labute approximate surface area is 147 Å². The van der Waals surface area contributed by atoms with Gasteiger partial charge in [-0.05, 0) is 43.7 Å². The molecule has 1 amide bonds. The number of hydrogen-bond donors (Lipinski definition) is 0. The fourth-order valence-electron chi connectivity index (χ4n) is 3.23. The zero-order chi connectivity index (χ0) is 17.8. The molecule has 1 saturated heterocycles. The van der Waals surface area contributed by atoms with Gasteiger partial charge in [0.05, 0.1) is 17.9 Å². The topological polar surface area (TPSA) is 49.3 Å². The predicted octanol–water partition coefficient (Wildman–Crippen LogP) is 2.55. The highest BCUT2D eigenvalue weighted by atomic mass is 19.1. The standard InChI is InChI=1S/C19H23FN4O/c1-23(2)17(25)13-24-11-3-4-15(12-24)19-18(21-9-10-22-19)14-5-7-16(20)8-6-14/h5-10,15H,3-4,11-13H2,1-2H3/t15-/m0/s1. The van der Waals surface area contributed by atoms with Crippen LogP contribution in [0.3, 0.4) is 0 Å². The fraction of sp³-hybridized carbons (Fsp3) is 0.421. The molecule has 0 N–H and O–H groups in total. The molecule has 1 aliphatic heterocycles. The predicted molar refractivity (Wildman–Crippen MR) is 94.5 cm³/mol.